The summed E-state index contributed by atoms with van der Waals surface area (Å²) in [5.74, 6) is -0.529. The number of hydrogen-bond donors (Lipinski definition) is 2. The van der Waals surface area contributed by atoms with Gasteiger partial charge in [0.25, 0.3) is 0 Å². The Morgan fingerprint density at radius 3 is 2.13 bits per heavy atom. The molecule has 124 valence electrons. The molecule has 0 fully saturated rings. The largest absolute Gasteiger partial charge is 0.494 e. The number of benzene rings is 1. The summed E-state index contributed by atoms with van der Waals surface area (Å²) in [5.41, 5.74) is 0.990. The number of nitrogens with zero attached hydrogens (tertiary/aromatic N) is 2. The Morgan fingerprint density at radius 2 is 1.61 bits per heavy atom. The first kappa shape index (κ1) is 16.9. The predicted molar refractivity (Wildman–Crippen MR) is 87.2 cm³/mol. The average Bonchev–Trinajstić information content (AvgIpc) is 2.90. The van der Waals surface area contributed by atoms with Crippen LogP contribution in [-0.2, 0) is 4.74 Å². The lowest BCUT2D eigenvalue weighted by molar-refractivity contribution is 0.0466. The van der Waals surface area contributed by atoms with Gasteiger partial charge in [-0.05, 0) is 37.4 Å². The zero-order chi connectivity index (χ0) is 16.8. The molecule has 6 heteroatoms. The van der Waals surface area contributed by atoms with Gasteiger partial charge < -0.3 is 19.8 Å². The van der Waals surface area contributed by atoms with Crippen LogP contribution in [0, 0.1) is 0 Å². The van der Waals surface area contributed by atoms with Crippen LogP contribution in [0.25, 0.3) is 5.69 Å². The summed E-state index contributed by atoms with van der Waals surface area (Å²) < 4.78 is 6.53. The van der Waals surface area contributed by atoms with Gasteiger partial charge in [0.05, 0.1) is 11.3 Å². The summed E-state index contributed by atoms with van der Waals surface area (Å²) in [7, 11) is 0. The van der Waals surface area contributed by atoms with Crippen LogP contribution in [-0.4, -0.2) is 51.9 Å². The normalized spacial score (nSPS) is 10.9. The van der Waals surface area contributed by atoms with E-state index in [4.69, 9.17) is 4.74 Å². The number of esters is 1. The molecule has 0 bridgehead atoms. The van der Waals surface area contributed by atoms with Crippen molar-refractivity contribution in [3.63, 3.8) is 0 Å². The zero-order valence-electron chi connectivity index (χ0n) is 13.4. The van der Waals surface area contributed by atoms with E-state index in [-0.39, 0.29) is 17.7 Å². The molecule has 0 unspecified atom stereocenters. The topological polar surface area (TPSA) is 74.9 Å². The van der Waals surface area contributed by atoms with E-state index >= 15 is 0 Å². The van der Waals surface area contributed by atoms with Crippen molar-refractivity contribution in [3.8, 4) is 17.4 Å². The van der Waals surface area contributed by atoms with Gasteiger partial charge in [0.15, 0.2) is 11.8 Å². The number of hydrogen-bond acceptors (Lipinski definition) is 5. The molecule has 0 spiro atoms. The highest BCUT2D eigenvalue weighted by atomic mass is 16.5. The van der Waals surface area contributed by atoms with Gasteiger partial charge in [-0.3, -0.25) is 4.57 Å². The van der Waals surface area contributed by atoms with E-state index in [1.165, 1.54) is 16.7 Å². The number of likely N-dealkylation sites (N-methyl/N-ethyl adjacent to an activating group) is 1. The highest BCUT2D eigenvalue weighted by Gasteiger charge is 2.11. The smallest absolute Gasteiger partial charge is 0.338 e. The van der Waals surface area contributed by atoms with E-state index in [2.05, 4.69) is 18.7 Å². The first-order valence-electron chi connectivity index (χ1n) is 7.66. The number of aromatic hydroxyl groups is 2. The fraction of sp³-hybridized carbons (Fsp3) is 0.353. The molecule has 2 rings (SSSR count). The number of ether oxygens (including phenoxy) is 1. The second-order valence-corrected chi connectivity index (χ2v) is 5.09. The molecule has 2 N–H and O–H groups in total. The van der Waals surface area contributed by atoms with E-state index < -0.39 is 0 Å². The summed E-state index contributed by atoms with van der Waals surface area (Å²) in [5, 5.41) is 19.4. The van der Waals surface area contributed by atoms with Crippen LogP contribution >= 0.6 is 0 Å². The van der Waals surface area contributed by atoms with Crippen molar-refractivity contribution < 1.29 is 19.7 Å². The van der Waals surface area contributed by atoms with Crippen molar-refractivity contribution in [2.75, 3.05) is 26.2 Å². The molecule has 2 aromatic rings. The van der Waals surface area contributed by atoms with Crippen molar-refractivity contribution >= 4 is 5.97 Å². The van der Waals surface area contributed by atoms with Gasteiger partial charge in [-0.25, -0.2) is 4.79 Å². The fourth-order valence-electron chi connectivity index (χ4n) is 2.32. The van der Waals surface area contributed by atoms with Gasteiger partial charge in [-0.1, -0.05) is 13.8 Å². The van der Waals surface area contributed by atoms with Crippen LogP contribution in [0.5, 0.6) is 11.8 Å². The summed E-state index contributed by atoms with van der Waals surface area (Å²) in [4.78, 5) is 14.2. The standard InChI is InChI=1S/C17H22N2O4/c1-3-18(4-2)11-12-23-17(22)13-5-7-14(8-6-13)19-15(20)9-10-16(19)21/h5-10,20-21H,3-4,11-12H2,1-2H3. The van der Waals surface area contributed by atoms with Gasteiger partial charge in [0.2, 0.25) is 0 Å². The van der Waals surface area contributed by atoms with Crippen LogP contribution in [0.4, 0.5) is 0 Å². The van der Waals surface area contributed by atoms with Gasteiger partial charge >= 0.3 is 5.97 Å². The SMILES string of the molecule is CCN(CC)CCOC(=O)c1ccc(-n2c(O)ccc2O)cc1. The van der Waals surface area contributed by atoms with Crippen LogP contribution in [0.15, 0.2) is 36.4 Å². The van der Waals surface area contributed by atoms with Gasteiger partial charge in [0, 0.05) is 18.7 Å². The number of carbonyl (C=O) groups is 1. The van der Waals surface area contributed by atoms with Gasteiger partial charge in [-0.15, -0.1) is 0 Å². The maximum atomic E-state index is 12.0. The molecule has 0 saturated carbocycles. The van der Waals surface area contributed by atoms with Crippen molar-refractivity contribution in [2.45, 2.75) is 13.8 Å². The molecule has 0 aliphatic rings. The molecular weight excluding hydrogens is 296 g/mol. The number of rotatable bonds is 7. The molecule has 0 radical (unpaired) electrons. The van der Waals surface area contributed by atoms with E-state index in [0.29, 0.717) is 24.4 Å². The van der Waals surface area contributed by atoms with E-state index in [1.54, 1.807) is 24.3 Å². The molecule has 0 atom stereocenters. The molecule has 0 amide bonds. The Balaban J connectivity index is 1.98. The Bertz CT molecular complexity index is 626. The molecule has 1 heterocycles. The third-order valence-corrected chi connectivity index (χ3v) is 3.74. The predicted octanol–water partition coefficient (Wildman–Crippen LogP) is 2.39. The molecule has 1 aromatic heterocycles. The van der Waals surface area contributed by atoms with Gasteiger partial charge in [0.1, 0.15) is 6.61 Å². The van der Waals surface area contributed by atoms with Gasteiger partial charge in [-0.2, -0.15) is 0 Å². The lowest BCUT2D eigenvalue weighted by atomic mass is 10.2. The highest BCUT2D eigenvalue weighted by Crippen LogP contribution is 2.26. The molecule has 0 aliphatic carbocycles. The van der Waals surface area contributed by atoms with Crippen molar-refractivity contribution in [1.82, 2.24) is 9.47 Å². The zero-order valence-corrected chi connectivity index (χ0v) is 13.4. The highest BCUT2D eigenvalue weighted by molar-refractivity contribution is 5.89. The van der Waals surface area contributed by atoms with Crippen LogP contribution in [0.3, 0.4) is 0 Å². The monoisotopic (exact) mass is 318 g/mol. The van der Waals surface area contributed by atoms with Crippen LogP contribution in [0.1, 0.15) is 24.2 Å². The molecule has 6 nitrogen and oxygen atoms in total. The maximum absolute atomic E-state index is 12.0. The summed E-state index contributed by atoms with van der Waals surface area (Å²) in [6.07, 6.45) is 0. The number of carbonyl (C=O) groups excluding carboxylic acids is 1. The molecule has 0 saturated heterocycles. The Kier molecular flexibility index (Phi) is 5.65. The first-order valence-corrected chi connectivity index (χ1v) is 7.66. The quantitative estimate of drug-likeness (QED) is 0.767. The Hall–Kier alpha value is -2.47. The summed E-state index contributed by atoms with van der Waals surface area (Å²) >= 11 is 0. The summed E-state index contributed by atoms with van der Waals surface area (Å²) in [6.45, 7) is 7.04. The third-order valence-electron chi connectivity index (χ3n) is 3.74. The number of aromatic nitrogens is 1. The second kappa shape index (κ2) is 7.69. The minimum atomic E-state index is -0.385. The second-order valence-electron chi connectivity index (χ2n) is 5.09. The first-order chi connectivity index (χ1) is 11.1. The van der Waals surface area contributed by atoms with Crippen molar-refractivity contribution in [2.24, 2.45) is 0 Å². The molecule has 0 aliphatic heterocycles. The Morgan fingerprint density at radius 1 is 1.04 bits per heavy atom. The van der Waals surface area contributed by atoms with Crippen molar-refractivity contribution in [1.29, 1.82) is 0 Å². The molecular formula is C17H22N2O4. The van der Waals surface area contributed by atoms with E-state index in [0.717, 1.165) is 13.1 Å². The van der Waals surface area contributed by atoms with Crippen LogP contribution < -0.4 is 0 Å². The minimum absolute atomic E-state index is 0.0722. The minimum Gasteiger partial charge on any atom is -0.494 e. The Labute approximate surface area is 135 Å². The van der Waals surface area contributed by atoms with Crippen molar-refractivity contribution in [3.05, 3.63) is 42.0 Å². The van der Waals surface area contributed by atoms with Crippen LogP contribution in [0.2, 0.25) is 0 Å². The summed E-state index contributed by atoms with van der Waals surface area (Å²) in [6, 6.07) is 9.28. The molecule has 1 aromatic carbocycles. The third kappa shape index (κ3) is 4.04. The maximum Gasteiger partial charge on any atom is 0.338 e. The lowest BCUT2D eigenvalue weighted by Crippen LogP contribution is -2.27. The molecule has 23 heavy (non-hydrogen) atoms. The fourth-order valence-corrected chi connectivity index (χ4v) is 2.32. The van der Waals surface area contributed by atoms with E-state index in [1.807, 2.05) is 0 Å². The van der Waals surface area contributed by atoms with E-state index in [9.17, 15) is 15.0 Å². The lowest BCUT2D eigenvalue weighted by Gasteiger charge is -2.17. The average molecular weight is 318 g/mol.